The highest BCUT2D eigenvalue weighted by molar-refractivity contribution is 5.67. The Bertz CT molecular complexity index is 466. The van der Waals surface area contributed by atoms with Crippen molar-refractivity contribution in [3.05, 3.63) is 34.9 Å². The molecular formula is C11H8N2O2. The maximum atomic E-state index is 10.3. The third-order valence-electron chi connectivity index (χ3n) is 1.95. The fraction of sp³-hybridized carbons (Fsp3) is 0.182. The van der Waals surface area contributed by atoms with Crippen molar-refractivity contribution in [2.24, 2.45) is 0 Å². The number of carbonyl (C=O) groups is 1. The lowest BCUT2D eigenvalue weighted by molar-refractivity contribution is -0.136. The first-order chi connectivity index (χ1) is 7.17. The van der Waals surface area contributed by atoms with Crippen LogP contribution in [0.15, 0.2) is 18.2 Å². The molecule has 1 N–H and O–H groups in total. The first-order valence-corrected chi connectivity index (χ1v) is 4.32. The van der Waals surface area contributed by atoms with Crippen LogP contribution in [0.3, 0.4) is 0 Å². The van der Waals surface area contributed by atoms with E-state index in [4.69, 9.17) is 15.6 Å². The van der Waals surface area contributed by atoms with Crippen molar-refractivity contribution >= 4 is 5.97 Å². The summed E-state index contributed by atoms with van der Waals surface area (Å²) in [5.41, 5.74) is 1.37. The quantitative estimate of drug-likeness (QED) is 0.800. The predicted molar refractivity (Wildman–Crippen MR) is 51.8 cm³/mol. The van der Waals surface area contributed by atoms with Gasteiger partial charge in [0.05, 0.1) is 11.1 Å². The average Bonchev–Trinajstić information content (AvgIpc) is 2.25. The number of nitriles is 2. The minimum atomic E-state index is -0.877. The van der Waals surface area contributed by atoms with Crippen LogP contribution in [-0.2, 0) is 11.2 Å². The summed E-state index contributed by atoms with van der Waals surface area (Å²) in [5, 5.41) is 25.9. The number of nitrogens with zero attached hydrogens (tertiary/aromatic N) is 2. The van der Waals surface area contributed by atoms with Gasteiger partial charge >= 0.3 is 5.97 Å². The van der Waals surface area contributed by atoms with Crippen LogP contribution < -0.4 is 0 Å². The Morgan fingerprint density at radius 2 is 1.93 bits per heavy atom. The first kappa shape index (κ1) is 10.7. The van der Waals surface area contributed by atoms with Crippen LogP contribution in [0.1, 0.15) is 23.1 Å². The second kappa shape index (κ2) is 4.78. The molecule has 0 aliphatic carbocycles. The Hall–Kier alpha value is -2.33. The van der Waals surface area contributed by atoms with Crippen molar-refractivity contribution in [1.29, 1.82) is 10.5 Å². The maximum Gasteiger partial charge on any atom is 0.303 e. The van der Waals surface area contributed by atoms with Crippen molar-refractivity contribution in [2.45, 2.75) is 12.8 Å². The summed E-state index contributed by atoms with van der Waals surface area (Å²) in [4.78, 5) is 10.3. The minimum Gasteiger partial charge on any atom is -0.481 e. The summed E-state index contributed by atoms with van der Waals surface area (Å²) in [6, 6.07) is 8.57. The molecule has 0 aliphatic rings. The van der Waals surface area contributed by atoms with Gasteiger partial charge in [-0.2, -0.15) is 10.5 Å². The third kappa shape index (κ3) is 2.82. The monoisotopic (exact) mass is 200 g/mol. The Morgan fingerprint density at radius 1 is 1.27 bits per heavy atom. The molecule has 0 saturated heterocycles. The topological polar surface area (TPSA) is 84.9 Å². The van der Waals surface area contributed by atoms with Crippen molar-refractivity contribution in [3.63, 3.8) is 0 Å². The van der Waals surface area contributed by atoms with Crippen LogP contribution in [0.2, 0.25) is 0 Å². The summed E-state index contributed by atoms with van der Waals surface area (Å²) >= 11 is 0. The Balaban J connectivity index is 2.91. The van der Waals surface area contributed by atoms with E-state index in [0.717, 1.165) is 5.56 Å². The number of carboxylic acid groups (broad SMARTS) is 1. The zero-order valence-corrected chi connectivity index (χ0v) is 7.90. The van der Waals surface area contributed by atoms with Gasteiger partial charge in [0.2, 0.25) is 0 Å². The molecular weight excluding hydrogens is 192 g/mol. The lowest BCUT2D eigenvalue weighted by Crippen LogP contribution is -1.98. The van der Waals surface area contributed by atoms with Crippen molar-refractivity contribution in [3.8, 4) is 12.1 Å². The van der Waals surface area contributed by atoms with E-state index in [1.807, 2.05) is 12.1 Å². The zero-order valence-electron chi connectivity index (χ0n) is 7.90. The second-order valence-electron chi connectivity index (χ2n) is 3.00. The summed E-state index contributed by atoms with van der Waals surface area (Å²) in [6.45, 7) is 0. The molecule has 0 atom stereocenters. The molecule has 15 heavy (non-hydrogen) atoms. The van der Waals surface area contributed by atoms with Crippen LogP contribution in [0, 0.1) is 22.7 Å². The van der Waals surface area contributed by atoms with Crippen LogP contribution >= 0.6 is 0 Å². The SMILES string of the molecule is N#Cc1ccc(CCC(=O)O)cc1C#N. The molecule has 0 heterocycles. The lowest BCUT2D eigenvalue weighted by Gasteiger charge is -2.00. The highest BCUT2D eigenvalue weighted by atomic mass is 16.4. The molecule has 4 heteroatoms. The fourth-order valence-corrected chi connectivity index (χ4v) is 1.19. The van der Waals surface area contributed by atoms with E-state index in [2.05, 4.69) is 0 Å². The number of aryl methyl sites for hydroxylation is 1. The predicted octanol–water partition coefficient (Wildman–Crippen LogP) is 1.45. The van der Waals surface area contributed by atoms with Gasteiger partial charge in [-0.1, -0.05) is 6.07 Å². The number of hydrogen-bond acceptors (Lipinski definition) is 3. The third-order valence-corrected chi connectivity index (χ3v) is 1.95. The lowest BCUT2D eigenvalue weighted by atomic mass is 10.0. The van der Waals surface area contributed by atoms with Gasteiger partial charge in [-0.15, -0.1) is 0 Å². The Morgan fingerprint density at radius 3 is 2.47 bits per heavy atom. The van der Waals surface area contributed by atoms with E-state index in [1.165, 1.54) is 6.07 Å². The van der Waals surface area contributed by atoms with Gasteiger partial charge in [-0.3, -0.25) is 4.79 Å². The molecule has 0 aromatic heterocycles. The van der Waals surface area contributed by atoms with Crippen LogP contribution in [0.4, 0.5) is 0 Å². The minimum absolute atomic E-state index is 0.0246. The zero-order chi connectivity index (χ0) is 11.3. The van der Waals surface area contributed by atoms with E-state index in [-0.39, 0.29) is 6.42 Å². The molecule has 0 amide bonds. The van der Waals surface area contributed by atoms with Gasteiger partial charge in [-0.25, -0.2) is 0 Å². The van der Waals surface area contributed by atoms with Crippen LogP contribution in [0.25, 0.3) is 0 Å². The summed E-state index contributed by atoms with van der Waals surface area (Å²) in [7, 11) is 0. The highest BCUT2D eigenvalue weighted by Gasteiger charge is 2.04. The molecule has 0 bridgehead atoms. The number of aliphatic carboxylic acids is 1. The summed E-state index contributed by atoms with van der Waals surface area (Å²) in [6.07, 6.45) is 0.395. The number of carboxylic acids is 1. The van der Waals surface area contributed by atoms with Crippen LogP contribution in [-0.4, -0.2) is 11.1 Å². The van der Waals surface area contributed by atoms with Crippen molar-refractivity contribution in [2.75, 3.05) is 0 Å². The smallest absolute Gasteiger partial charge is 0.303 e. The van der Waals surface area contributed by atoms with Gasteiger partial charge in [0.15, 0.2) is 0 Å². The van der Waals surface area contributed by atoms with Gasteiger partial charge in [-0.05, 0) is 24.1 Å². The maximum absolute atomic E-state index is 10.3. The van der Waals surface area contributed by atoms with Crippen LogP contribution in [0.5, 0.6) is 0 Å². The number of rotatable bonds is 3. The van der Waals surface area contributed by atoms with Gasteiger partial charge < -0.3 is 5.11 Å². The van der Waals surface area contributed by atoms with E-state index in [9.17, 15) is 4.79 Å². The number of benzene rings is 1. The Kier molecular flexibility index (Phi) is 3.43. The standard InChI is InChI=1S/C11H8N2O2/c12-6-9-3-1-8(2-4-11(14)15)5-10(9)7-13/h1,3,5H,2,4H2,(H,14,15). The van der Waals surface area contributed by atoms with Gasteiger partial charge in [0, 0.05) is 6.42 Å². The van der Waals surface area contributed by atoms with E-state index in [0.29, 0.717) is 17.5 Å². The second-order valence-corrected chi connectivity index (χ2v) is 3.00. The average molecular weight is 200 g/mol. The van der Waals surface area contributed by atoms with E-state index in [1.54, 1.807) is 12.1 Å². The largest absolute Gasteiger partial charge is 0.481 e. The molecule has 1 aromatic carbocycles. The molecule has 74 valence electrons. The summed E-state index contributed by atoms with van der Waals surface area (Å²) in [5.74, 6) is -0.877. The first-order valence-electron chi connectivity index (χ1n) is 4.32. The molecule has 0 fully saturated rings. The van der Waals surface area contributed by atoms with E-state index >= 15 is 0 Å². The van der Waals surface area contributed by atoms with Gasteiger partial charge in [0.25, 0.3) is 0 Å². The molecule has 0 saturated carbocycles. The van der Waals surface area contributed by atoms with Crippen molar-refractivity contribution < 1.29 is 9.90 Å². The molecule has 1 rings (SSSR count). The molecule has 0 aliphatic heterocycles. The fourth-order valence-electron chi connectivity index (χ4n) is 1.19. The molecule has 0 spiro atoms. The number of hydrogen-bond donors (Lipinski definition) is 1. The summed E-state index contributed by atoms with van der Waals surface area (Å²) < 4.78 is 0. The highest BCUT2D eigenvalue weighted by Crippen LogP contribution is 2.11. The normalized spacial score (nSPS) is 8.93. The van der Waals surface area contributed by atoms with Crippen molar-refractivity contribution in [1.82, 2.24) is 0 Å². The molecule has 4 nitrogen and oxygen atoms in total. The molecule has 1 aromatic rings. The molecule has 0 unspecified atom stereocenters. The molecule has 0 radical (unpaired) electrons. The Labute approximate surface area is 87.0 Å². The van der Waals surface area contributed by atoms with E-state index < -0.39 is 5.97 Å². The van der Waals surface area contributed by atoms with Gasteiger partial charge in [0.1, 0.15) is 12.1 Å².